The summed E-state index contributed by atoms with van der Waals surface area (Å²) >= 11 is 0. The van der Waals surface area contributed by atoms with Crippen LogP contribution in [-0.4, -0.2) is 14.9 Å². The molecule has 0 spiro atoms. The molecule has 2 aromatic heterocycles. The Kier molecular flexibility index (Phi) is 6.40. The molecule has 0 unspecified atom stereocenters. The molecule has 1 fully saturated rings. The molecule has 1 aliphatic carbocycles. The van der Waals surface area contributed by atoms with Gasteiger partial charge in [0.1, 0.15) is 0 Å². The number of hydrogen-bond acceptors (Lipinski definition) is 1. The largest absolute Gasteiger partial charge is 0.318 e. The minimum absolute atomic E-state index is 0.183. The quantitative estimate of drug-likeness (QED) is 0.276. The second-order valence-electron chi connectivity index (χ2n) is 10.2. The highest BCUT2D eigenvalue weighted by Crippen LogP contribution is 2.34. The summed E-state index contributed by atoms with van der Waals surface area (Å²) in [5.41, 5.74) is 11.0. The predicted molar refractivity (Wildman–Crippen MR) is 150 cm³/mol. The third-order valence-corrected chi connectivity index (χ3v) is 7.35. The van der Waals surface area contributed by atoms with Crippen LogP contribution in [0.4, 0.5) is 0 Å². The summed E-state index contributed by atoms with van der Waals surface area (Å²) in [5, 5.41) is 0. The van der Waals surface area contributed by atoms with Crippen molar-refractivity contribution in [2.45, 2.75) is 47.5 Å². The van der Waals surface area contributed by atoms with Crippen molar-refractivity contribution in [3.63, 3.8) is 0 Å². The molecule has 0 saturated heterocycles. The second kappa shape index (κ2) is 9.66. The molecule has 2 aromatic carbocycles. The van der Waals surface area contributed by atoms with Crippen LogP contribution in [0, 0.1) is 33.6 Å². The van der Waals surface area contributed by atoms with E-state index in [2.05, 4.69) is 117 Å². The molecule has 2 heterocycles. The smallest absolute Gasteiger partial charge is 0.185 e. The number of aromatic nitrogens is 2. The number of rotatable bonds is 4. The third kappa shape index (κ3) is 4.42. The standard InChI is InChI=1S/C33H34N2O/c1-22-16-29(20-27-18-23(2)34(25(27)4)31-12-8-6-9-13-31)33(36)30(17-22)21-28-19-24(3)35(26(28)5)32-14-10-7-11-15-32/h6-15,18-22H,16-17H2,1-5H3. The maximum atomic E-state index is 13.7. The van der Waals surface area contributed by atoms with Gasteiger partial charge in [-0.3, -0.25) is 4.79 Å². The van der Waals surface area contributed by atoms with E-state index < -0.39 is 0 Å². The maximum absolute atomic E-state index is 13.7. The minimum Gasteiger partial charge on any atom is -0.318 e. The zero-order chi connectivity index (χ0) is 25.4. The molecular weight excluding hydrogens is 440 g/mol. The fraction of sp³-hybridized carbons (Fsp3) is 0.242. The Morgan fingerprint density at radius 1 is 0.667 bits per heavy atom. The molecule has 0 amide bonds. The first kappa shape index (κ1) is 23.9. The molecule has 1 saturated carbocycles. The lowest BCUT2D eigenvalue weighted by Gasteiger charge is -2.22. The van der Waals surface area contributed by atoms with Crippen LogP contribution in [0.3, 0.4) is 0 Å². The van der Waals surface area contributed by atoms with Crippen LogP contribution >= 0.6 is 0 Å². The summed E-state index contributed by atoms with van der Waals surface area (Å²) in [4.78, 5) is 13.7. The van der Waals surface area contributed by atoms with E-state index in [4.69, 9.17) is 0 Å². The van der Waals surface area contributed by atoms with Gasteiger partial charge in [-0.25, -0.2) is 0 Å². The lowest BCUT2D eigenvalue weighted by Crippen LogP contribution is -2.18. The number of carbonyl (C=O) groups excluding carboxylic acids is 1. The van der Waals surface area contributed by atoms with Gasteiger partial charge in [0.25, 0.3) is 0 Å². The normalized spacial score (nSPS) is 18.4. The second-order valence-corrected chi connectivity index (χ2v) is 10.2. The van der Waals surface area contributed by atoms with Gasteiger partial charge in [-0.15, -0.1) is 0 Å². The summed E-state index contributed by atoms with van der Waals surface area (Å²) in [6.45, 7) is 10.8. The number of hydrogen-bond donors (Lipinski definition) is 0. The lowest BCUT2D eigenvalue weighted by atomic mass is 9.81. The van der Waals surface area contributed by atoms with Crippen LogP contribution in [0.5, 0.6) is 0 Å². The fourth-order valence-electron chi connectivity index (χ4n) is 5.66. The highest BCUT2D eigenvalue weighted by Gasteiger charge is 2.26. The number of allylic oxidation sites excluding steroid dienone is 2. The molecule has 182 valence electrons. The Labute approximate surface area is 214 Å². The average Bonchev–Trinajstić information content (AvgIpc) is 3.31. The lowest BCUT2D eigenvalue weighted by molar-refractivity contribution is -0.113. The predicted octanol–water partition coefficient (Wildman–Crippen LogP) is 7.97. The van der Waals surface area contributed by atoms with Crippen LogP contribution in [0.15, 0.2) is 83.9 Å². The van der Waals surface area contributed by atoms with E-state index in [0.29, 0.717) is 5.92 Å². The third-order valence-electron chi connectivity index (χ3n) is 7.35. The van der Waals surface area contributed by atoms with Crippen molar-refractivity contribution in [3.05, 3.63) is 118 Å². The summed E-state index contributed by atoms with van der Waals surface area (Å²) in [6.07, 6.45) is 5.88. The number of Topliss-reactive ketones (excluding diaryl/α,β-unsaturated/α-hetero) is 1. The van der Waals surface area contributed by atoms with Crippen LogP contribution in [0.2, 0.25) is 0 Å². The van der Waals surface area contributed by atoms with Gasteiger partial charge in [0, 0.05) is 45.3 Å². The highest BCUT2D eigenvalue weighted by atomic mass is 16.1. The Bertz CT molecular complexity index is 1370. The molecule has 0 N–H and O–H groups in total. The van der Waals surface area contributed by atoms with Gasteiger partial charge in [0.15, 0.2) is 5.78 Å². The molecule has 1 aliphatic rings. The number of benzene rings is 2. The molecule has 0 radical (unpaired) electrons. The van der Waals surface area contributed by atoms with Gasteiger partial charge in [0.2, 0.25) is 0 Å². The van der Waals surface area contributed by atoms with E-state index in [9.17, 15) is 4.79 Å². The zero-order valence-corrected chi connectivity index (χ0v) is 21.9. The Morgan fingerprint density at radius 3 is 1.44 bits per heavy atom. The summed E-state index contributed by atoms with van der Waals surface area (Å²) in [6, 6.07) is 25.2. The first-order valence-corrected chi connectivity index (χ1v) is 12.8. The molecule has 3 nitrogen and oxygen atoms in total. The molecule has 0 bridgehead atoms. The van der Waals surface area contributed by atoms with Crippen LogP contribution in [0.25, 0.3) is 23.5 Å². The van der Waals surface area contributed by atoms with Crippen molar-refractivity contribution in [1.29, 1.82) is 0 Å². The molecule has 36 heavy (non-hydrogen) atoms. The Morgan fingerprint density at radius 2 is 1.06 bits per heavy atom. The minimum atomic E-state index is 0.183. The van der Waals surface area contributed by atoms with E-state index in [-0.39, 0.29) is 5.78 Å². The molecule has 0 atom stereocenters. The molecule has 0 aliphatic heterocycles. The maximum Gasteiger partial charge on any atom is 0.185 e. The molecule has 4 aromatic rings. The van der Waals surface area contributed by atoms with E-state index in [1.165, 1.54) is 11.4 Å². The van der Waals surface area contributed by atoms with Crippen molar-refractivity contribution in [2.75, 3.05) is 0 Å². The van der Waals surface area contributed by atoms with Crippen LogP contribution < -0.4 is 0 Å². The van der Waals surface area contributed by atoms with Gasteiger partial charge < -0.3 is 9.13 Å². The van der Waals surface area contributed by atoms with Crippen molar-refractivity contribution < 1.29 is 4.79 Å². The molecule has 5 rings (SSSR count). The highest BCUT2D eigenvalue weighted by molar-refractivity contribution is 6.14. The van der Waals surface area contributed by atoms with E-state index >= 15 is 0 Å². The van der Waals surface area contributed by atoms with E-state index in [0.717, 1.165) is 57.9 Å². The van der Waals surface area contributed by atoms with Crippen molar-refractivity contribution >= 4 is 17.9 Å². The Balaban J connectivity index is 1.51. The van der Waals surface area contributed by atoms with Crippen molar-refractivity contribution in [3.8, 4) is 11.4 Å². The Hall–Kier alpha value is -3.85. The molecular formula is C33H34N2O. The zero-order valence-electron chi connectivity index (χ0n) is 21.9. The summed E-state index contributed by atoms with van der Waals surface area (Å²) < 4.78 is 4.52. The van der Waals surface area contributed by atoms with E-state index in [1.807, 2.05) is 12.1 Å². The number of carbonyl (C=O) groups is 1. The number of para-hydroxylation sites is 2. The van der Waals surface area contributed by atoms with Crippen LogP contribution in [-0.2, 0) is 4.79 Å². The van der Waals surface area contributed by atoms with Gasteiger partial charge in [-0.05, 0) is 106 Å². The SMILES string of the molecule is Cc1cc(C=C2CC(C)CC(=Cc3cc(C)n(-c4ccccc4)c3C)C2=O)c(C)n1-c1ccccc1. The van der Waals surface area contributed by atoms with Gasteiger partial charge >= 0.3 is 0 Å². The van der Waals surface area contributed by atoms with Gasteiger partial charge in [-0.1, -0.05) is 43.3 Å². The van der Waals surface area contributed by atoms with Crippen molar-refractivity contribution in [1.82, 2.24) is 9.13 Å². The first-order chi connectivity index (χ1) is 17.3. The van der Waals surface area contributed by atoms with Gasteiger partial charge in [0.05, 0.1) is 0 Å². The summed E-state index contributed by atoms with van der Waals surface area (Å²) in [5.74, 6) is 0.609. The van der Waals surface area contributed by atoms with Crippen LogP contribution in [0.1, 0.15) is 53.7 Å². The average molecular weight is 475 g/mol. The number of nitrogens with zero attached hydrogens (tertiary/aromatic N) is 2. The number of aryl methyl sites for hydroxylation is 2. The monoisotopic (exact) mass is 474 g/mol. The fourth-order valence-corrected chi connectivity index (χ4v) is 5.66. The van der Waals surface area contributed by atoms with Gasteiger partial charge in [-0.2, -0.15) is 0 Å². The van der Waals surface area contributed by atoms with E-state index in [1.54, 1.807) is 0 Å². The van der Waals surface area contributed by atoms with Crippen molar-refractivity contribution in [2.24, 2.45) is 5.92 Å². The first-order valence-electron chi connectivity index (χ1n) is 12.8. The summed E-state index contributed by atoms with van der Waals surface area (Å²) in [7, 11) is 0. The molecule has 3 heteroatoms. The topological polar surface area (TPSA) is 26.9 Å². The number of ketones is 1.